The van der Waals surface area contributed by atoms with E-state index in [1.165, 1.54) is 17.3 Å². The Morgan fingerprint density at radius 3 is 2.52 bits per heavy atom. The quantitative estimate of drug-likeness (QED) is 0.552. The van der Waals surface area contributed by atoms with E-state index in [0.717, 1.165) is 23.0 Å². The van der Waals surface area contributed by atoms with Crippen LogP contribution in [0.3, 0.4) is 0 Å². The lowest BCUT2D eigenvalue weighted by atomic mass is 10.2. The predicted octanol–water partition coefficient (Wildman–Crippen LogP) is 6.16. The van der Waals surface area contributed by atoms with Crippen molar-refractivity contribution in [3.63, 3.8) is 0 Å². The largest absolute Gasteiger partial charge is 0.457 e. The van der Waals surface area contributed by atoms with Crippen molar-refractivity contribution in [3.8, 4) is 11.5 Å². The summed E-state index contributed by atoms with van der Waals surface area (Å²) < 4.78 is 6.27. The molecule has 0 amide bonds. The van der Waals surface area contributed by atoms with Crippen molar-refractivity contribution in [2.75, 3.05) is 11.5 Å². The molecule has 0 bridgehead atoms. The average molecular weight is 389 g/mol. The van der Waals surface area contributed by atoms with E-state index in [9.17, 15) is 4.79 Å². The van der Waals surface area contributed by atoms with Gasteiger partial charge in [-0.25, -0.2) is 0 Å². The molecule has 1 fully saturated rings. The van der Waals surface area contributed by atoms with Gasteiger partial charge in [0.25, 0.3) is 0 Å². The van der Waals surface area contributed by atoms with Gasteiger partial charge in [0.15, 0.2) is 0 Å². The number of thioether (sulfide) groups is 3. The molecular weight excluding hydrogens is 368 g/mol. The number of hydrogen-bond donors (Lipinski definition) is 0. The summed E-state index contributed by atoms with van der Waals surface area (Å²) in [7, 11) is 0. The van der Waals surface area contributed by atoms with Crippen molar-refractivity contribution in [2.24, 2.45) is 0 Å². The number of rotatable bonds is 6. The first-order chi connectivity index (χ1) is 12.1. The first-order valence-electron chi connectivity index (χ1n) is 8.04. The highest BCUT2D eigenvalue weighted by Gasteiger charge is 2.27. The zero-order valence-electron chi connectivity index (χ0n) is 14.0. The van der Waals surface area contributed by atoms with Crippen molar-refractivity contribution < 1.29 is 9.53 Å². The molecule has 0 spiro atoms. The highest BCUT2D eigenvalue weighted by molar-refractivity contribution is 8.21. The summed E-state index contributed by atoms with van der Waals surface area (Å²) in [6, 6.07) is 18.1. The minimum atomic E-state index is 0.108. The summed E-state index contributed by atoms with van der Waals surface area (Å²) in [5.41, 5.74) is 1.93. The first kappa shape index (κ1) is 18.5. The van der Waals surface area contributed by atoms with E-state index in [2.05, 4.69) is 18.7 Å². The molecule has 1 aliphatic heterocycles. The second-order valence-electron chi connectivity index (χ2n) is 5.79. The molecule has 25 heavy (non-hydrogen) atoms. The van der Waals surface area contributed by atoms with Crippen LogP contribution in [0.25, 0.3) is 0 Å². The van der Waals surface area contributed by atoms with Crippen molar-refractivity contribution in [1.82, 2.24) is 0 Å². The number of benzene rings is 2. The molecule has 1 aliphatic rings. The molecule has 0 N–H and O–H groups in total. The molecule has 0 saturated carbocycles. The Balaban J connectivity index is 1.53. The van der Waals surface area contributed by atoms with Crippen LogP contribution >= 0.6 is 35.3 Å². The van der Waals surface area contributed by atoms with E-state index in [4.69, 9.17) is 4.74 Å². The molecule has 1 saturated heterocycles. The maximum atomic E-state index is 11.7. The van der Waals surface area contributed by atoms with E-state index in [0.29, 0.717) is 15.4 Å². The summed E-state index contributed by atoms with van der Waals surface area (Å²) in [6.07, 6.45) is 0. The molecule has 2 atom stereocenters. The third-order valence-electron chi connectivity index (χ3n) is 3.63. The van der Waals surface area contributed by atoms with Gasteiger partial charge >= 0.3 is 0 Å². The van der Waals surface area contributed by atoms with Crippen LogP contribution in [-0.4, -0.2) is 21.9 Å². The van der Waals surface area contributed by atoms with Gasteiger partial charge in [0.2, 0.25) is 5.12 Å². The maximum absolute atomic E-state index is 11.7. The third kappa shape index (κ3) is 5.33. The van der Waals surface area contributed by atoms with Gasteiger partial charge in [-0.1, -0.05) is 48.7 Å². The molecule has 130 valence electrons. The minimum absolute atomic E-state index is 0.108. The standard InChI is InChI=1S/C20H20O2S3/c1-14(2)19(21)23-12-18-13-24-20(25-18)15-8-10-17(11-9-15)22-16-6-4-3-5-7-16/h3-11,18,20H,1,12-13H2,2H3. The topological polar surface area (TPSA) is 26.3 Å². The SMILES string of the molecule is C=C(C)C(=O)SCC1CSC(c2ccc(Oc3ccccc3)cc2)S1. The second kappa shape index (κ2) is 8.88. The number of para-hydroxylation sites is 1. The normalized spacial score (nSPS) is 19.6. The van der Waals surface area contributed by atoms with Crippen LogP contribution in [0.15, 0.2) is 66.7 Å². The van der Waals surface area contributed by atoms with Gasteiger partial charge in [-0.15, -0.1) is 23.5 Å². The summed E-state index contributed by atoms with van der Waals surface area (Å²) in [5, 5.41) is 0.611. The van der Waals surface area contributed by atoms with Gasteiger partial charge in [0, 0.05) is 16.8 Å². The lowest BCUT2D eigenvalue weighted by Gasteiger charge is -2.11. The molecule has 1 heterocycles. The zero-order chi connectivity index (χ0) is 17.6. The molecule has 2 aromatic carbocycles. The van der Waals surface area contributed by atoms with Crippen molar-refractivity contribution in [3.05, 3.63) is 72.3 Å². The van der Waals surface area contributed by atoms with Crippen molar-refractivity contribution in [2.45, 2.75) is 16.8 Å². The van der Waals surface area contributed by atoms with Gasteiger partial charge in [-0.05, 0) is 42.3 Å². The van der Waals surface area contributed by atoms with Gasteiger partial charge in [0.05, 0.1) is 4.58 Å². The Labute approximate surface area is 161 Å². The van der Waals surface area contributed by atoms with Crippen molar-refractivity contribution in [1.29, 1.82) is 0 Å². The minimum Gasteiger partial charge on any atom is -0.457 e. The smallest absolute Gasteiger partial charge is 0.214 e. The molecule has 2 unspecified atom stereocenters. The fourth-order valence-electron chi connectivity index (χ4n) is 2.32. The fourth-order valence-corrected chi connectivity index (χ4v) is 6.78. The van der Waals surface area contributed by atoms with E-state index < -0.39 is 0 Å². The van der Waals surface area contributed by atoms with Crippen LogP contribution in [-0.2, 0) is 4.79 Å². The Morgan fingerprint density at radius 2 is 1.84 bits per heavy atom. The zero-order valence-corrected chi connectivity index (χ0v) is 16.5. The number of hydrogen-bond acceptors (Lipinski definition) is 5. The van der Waals surface area contributed by atoms with E-state index in [1.54, 1.807) is 6.92 Å². The predicted molar refractivity (Wildman–Crippen MR) is 112 cm³/mol. The van der Waals surface area contributed by atoms with E-state index in [-0.39, 0.29) is 5.12 Å². The van der Waals surface area contributed by atoms with Crippen LogP contribution in [0.1, 0.15) is 17.1 Å². The van der Waals surface area contributed by atoms with Gasteiger partial charge in [-0.2, -0.15) is 0 Å². The average Bonchev–Trinajstić information content (AvgIpc) is 3.10. The Kier molecular flexibility index (Phi) is 6.57. The van der Waals surface area contributed by atoms with Crippen LogP contribution in [0.2, 0.25) is 0 Å². The molecule has 0 radical (unpaired) electrons. The fraction of sp³-hybridized carbons (Fsp3) is 0.250. The number of ether oxygens (including phenoxy) is 1. The summed E-state index contributed by atoms with van der Waals surface area (Å²) in [6.45, 7) is 5.48. The van der Waals surface area contributed by atoms with Gasteiger partial charge in [-0.3, -0.25) is 4.79 Å². The highest BCUT2D eigenvalue weighted by Crippen LogP contribution is 2.50. The number of carbonyl (C=O) groups is 1. The molecule has 0 aromatic heterocycles. The molecular formula is C20H20O2S3. The third-order valence-corrected chi connectivity index (χ3v) is 8.38. The van der Waals surface area contributed by atoms with Crippen LogP contribution in [0.4, 0.5) is 0 Å². The molecule has 5 heteroatoms. The van der Waals surface area contributed by atoms with Gasteiger partial charge < -0.3 is 4.74 Å². The summed E-state index contributed by atoms with van der Waals surface area (Å²) >= 11 is 5.29. The lowest BCUT2D eigenvalue weighted by molar-refractivity contribution is -0.107. The summed E-state index contributed by atoms with van der Waals surface area (Å²) in [5.74, 6) is 3.63. The molecule has 3 rings (SSSR count). The van der Waals surface area contributed by atoms with E-state index in [1.807, 2.05) is 66.0 Å². The first-order valence-corrected chi connectivity index (χ1v) is 11.0. The Morgan fingerprint density at radius 1 is 1.16 bits per heavy atom. The monoisotopic (exact) mass is 388 g/mol. The molecule has 0 aliphatic carbocycles. The lowest BCUT2D eigenvalue weighted by Crippen LogP contribution is -2.07. The van der Waals surface area contributed by atoms with Gasteiger partial charge in [0.1, 0.15) is 11.5 Å². The van der Waals surface area contributed by atoms with Crippen LogP contribution in [0, 0.1) is 0 Å². The molecule has 2 aromatic rings. The van der Waals surface area contributed by atoms with Crippen molar-refractivity contribution >= 4 is 40.4 Å². The number of carbonyl (C=O) groups excluding carboxylic acids is 1. The maximum Gasteiger partial charge on any atom is 0.214 e. The Hall–Kier alpha value is -1.30. The van der Waals surface area contributed by atoms with E-state index >= 15 is 0 Å². The summed E-state index contributed by atoms with van der Waals surface area (Å²) in [4.78, 5) is 11.7. The highest BCUT2D eigenvalue weighted by atomic mass is 32.2. The Bertz CT molecular complexity index is 728. The van der Waals surface area contributed by atoms with Crippen LogP contribution < -0.4 is 4.74 Å². The van der Waals surface area contributed by atoms with Crippen LogP contribution in [0.5, 0.6) is 11.5 Å². The molecule has 2 nitrogen and oxygen atoms in total. The second-order valence-corrected chi connectivity index (χ2v) is 9.63.